The largest absolute Gasteiger partial charge is 0.377 e. The van der Waals surface area contributed by atoms with Crippen molar-refractivity contribution in [3.05, 3.63) is 0 Å². The van der Waals surface area contributed by atoms with E-state index in [1.165, 1.54) is 44.9 Å². The number of hydrogen-bond acceptors (Lipinski definition) is 2. The number of aliphatic imine (C=N–C) groups is 1. The molecule has 1 saturated heterocycles. The Hall–Kier alpha value is -0.0400. The zero-order valence-corrected chi connectivity index (χ0v) is 17.3. The van der Waals surface area contributed by atoms with E-state index < -0.39 is 0 Å². The second-order valence-corrected chi connectivity index (χ2v) is 7.98. The van der Waals surface area contributed by atoms with E-state index in [1.54, 1.807) is 0 Å². The van der Waals surface area contributed by atoms with E-state index in [-0.39, 0.29) is 29.4 Å². The maximum Gasteiger partial charge on any atom is 0.191 e. The number of nitrogens with one attached hydrogen (secondary N) is 2. The number of rotatable bonds is 5. The van der Waals surface area contributed by atoms with Crippen LogP contribution in [0.5, 0.6) is 0 Å². The van der Waals surface area contributed by atoms with Gasteiger partial charge in [-0.15, -0.1) is 24.0 Å². The summed E-state index contributed by atoms with van der Waals surface area (Å²) in [5.74, 6) is 2.61. The first kappa shape index (κ1) is 19.3. The Labute approximate surface area is 158 Å². The number of fused-ring (bicyclic) bond motifs is 1. The summed E-state index contributed by atoms with van der Waals surface area (Å²) < 4.78 is 5.87. The van der Waals surface area contributed by atoms with Gasteiger partial charge in [0.2, 0.25) is 0 Å². The van der Waals surface area contributed by atoms with E-state index in [0.717, 1.165) is 25.0 Å². The maximum absolute atomic E-state index is 5.87. The molecule has 3 unspecified atom stereocenters. The maximum atomic E-state index is 5.87. The van der Waals surface area contributed by atoms with Gasteiger partial charge in [-0.05, 0) is 25.2 Å². The Balaban J connectivity index is 0.00000192. The summed E-state index contributed by atoms with van der Waals surface area (Å²) >= 11 is 0. The minimum Gasteiger partial charge on any atom is -0.377 e. The SMILES string of the molecule is CN=C(NCCCC1CCCC1)NC1C2CCOC2C1(C)C.I. The molecule has 5 heteroatoms. The van der Waals surface area contributed by atoms with Crippen molar-refractivity contribution >= 4 is 29.9 Å². The molecule has 1 heterocycles. The van der Waals surface area contributed by atoms with Gasteiger partial charge in [0, 0.05) is 37.6 Å². The van der Waals surface area contributed by atoms with Crippen LogP contribution in [0.25, 0.3) is 0 Å². The van der Waals surface area contributed by atoms with E-state index in [1.807, 2.05) is 7.05 Å². The van der Waals surface area contributed by atoms with Crippen LogP contribution in [0.4, 0.5) is 0 Å². The summed E-state index contributed by atoms with van der Waals surface area (Å²) in [6.07, 6.45) is 10.0. The van der Waals surface area contributed by atoms with Crippen LogP contribution < -0.4 is 10.6 Å². The van der Waals surface area contributed by atoms with Crippen molar-refractivity contribution in [3.63, 3.8) is 0 Å². The molecule has 0 bridgehead atoms. The molecule has 0 aromatic rings. The lowest BCUT2D eigenvalue weighted by molar-refractivity contribution is -0.106. The number of halogens is 1. The van der Waals surface area contributed by atoms with E-state index in [2.05, 4.69) is 29.5 Å². The fourth-order valence-corrected chi connectivity index (χ4v) is 4.86. The predicted molar refractivity (Wildman–Crippen MR) is 107 cm³/mol. The van der Waals surface area contributed by atoms with Crippen LogP contribution in [0.15, 0.2) is 4.99 Å². The van der Waals surface area contributed by atoms with Crippen LogP contribution >= 0.6 is 24.0 Å². The van der Waals surface area contributed by atoms with Crippen molar-refractivity contribution in [2.75, 3.05) is 20.2 Å². The molecule has 2 N–H and O–H groups in total. The zero-order valence-electron chi connectivity index (χ0n) is 14.9. The van der Waals surface area contributed by atoms with Crippen molar-refractivity contribution < 1.29 is 4.74 Å². The summed E-state index contributed by atoms with van der Waals surface area (Å²) in [4.78, 5) is 4.41. The van der Waals surface area contributed by atoms with Gasteiger partial charge < -0.3 is 15.4 Å². The van der Waals surface area contributed by atoms with Crippen molar-refractivity contribution in [1.29, 1.82) is 0 Å². The Morgan fingerprint density at radius 2 is 1.96 bits per heavy atom. The van der Waals surface area contributed by atoms with E-state index in [9.17, 15) is 0 Å². The highest BCUT2D eigenvalue weighted by Gasteiger charge is 2.59. The Morgan fingerprint density at radius 1 is 1.22 bits per heavy atom. The van der Waals surface area contributed by atoms with E-state index in [0.29, 0.717) is 18.1 Å². The molecule has 0 amide bonds. The molecular weight excluding hydrogens is 401 g/mol. The Bertz CT molecular complexity index is 407. The van der Waals surface area contributed by atoms with Gasteiger partial charge in [0.15, 0.2) is 5.96 Å². The highest BCUT2D eigenvalue weighted by atomic mass is 127. The van der Waals surface area contributed by atoms with Crippen molar-refractivity contribution in [3.8, 4) is 0 Å². The summed E-state index contributed by atoms with van der Waals surface area (Å²) in [5, 5.41) is 7.16. The second kappa shape index (κ2) is 8.37. The van der Waals surface area contributed by atoms with Crippen LogP contribution in [0, 0.1) is 17.3 Å². The third-order valence-electron chi connectivity index (χ3n) is 6.17. The Kier molecular flexibility index (Phi) is 7.01. The molecule has 0 spiro atoms. The minimum atomic E-state index is 0. The van der Waals surface area contributed by atoms with Crippen LogP contribution in [0.2, 0.25) is 0 Å². The molecule has 3 fully saturated rings. The molecule has 2 aliphatic carbocycles. The van der Waals surface area contributed by atoms with Crippen LogP contribution in [-0.4, -0.2) is 38.3 Å². The highest BCUT2D eigenvalue weighted by molar-refractivity contribution is 14.0. The average Bonchev–Trinajstić information content (AvgIpc) is 3.16. The number of nitrogens with zero attached hydrogens (tertiary/aromatic N) is 1. The summed E-state index contributed by atoms with van der Waals surface area (Å²) in [5.41, 5.74) is 0.211. The molecule has 0 radical (unpaired) electrons. The fraction of sp³-hybridized carbons (Fsp3) is 0.944. The van der Waals surface area contributed by atoms with Gasteiger partial charge in [-0.1, -0.05) is 39.5 Å². The van der Waals surface area contributed by atoms with Gasteiger partial charge in [-0.2, -0.15) is 0 Å². The normalized spacial score (nSPS) is 32.8. The quantitative estimate of drug-likeness (QED) is 0.301. The van der Waals surface area contributed by atoms with Crippen molar-refractivity contribution in [1.82, 2.24) is 10.6 Å². The van der Waals surface area contributed by atoms with E-state index in [4.69, 9.17) is 4.74 Å². The lowest BCUT2D eigenvalue weighted by Crippen LogP contribution is -2.67. The molecule has 1 aliphatic heterocycles. The lowest BCUT2D eigenvalue weighted by Gasteiger charge is -2.54. The monoisotopic (exact) mass is 435 g/mol. The van der Waals surface area contributed by atoms with Crippen molar-refractivity contribution in [2.45, 2.75) is 70.9 Å². The third kappa shape index (κ3) is 4.14. The number of hydrogen-bond donors (Lipinski definition) is 2. The van der Waals surface area contributed by atoms with E-state index >= 15 is 0 Å². The molecule has 3 atom stereocenters. The first-order chi connectivity index (χ1) is 10.6. The van der Waals surface area contributed by atoms with Gasteiger partial charge in [0.25, 0.3) is 0 Å². The minimum absolute atomic E-state index is 0. The third-order valence-corrected chi connectivity index (χ3v) is 6.17. The zero-order chi connectivity index (χ0) is 15.6. The Morgan fingerprint density at radius 3 is 2.65 bits per heavy atom. The molecule has 2 saturated carbocycles. The average molecular weight is 435 g/mol. The summed E-state index contributed by atoms with van der Waals surface area (Å²) in [6, 6.07) is 0.487. The molecular formula is C18H34IN3O. The van der Waals surface area contributed by atoms with Gasteiger partial charge in [-0.25, -0.2) is 0 Å². The standard InChI is InChI=1S/C18H33N3O.HI/c1-18(2)15(14-10-12-22-16(14)18)21-17(19-3)20-11-6-9-13-7-4-5-8-13;/h13-16H,4-12H2,1-3H3,(H2,19,20,21);1H. The first-order valence-electron chi connectivity index (χ1n) is 9.21. The van der Waals surface area contributed by atoms with Gasteiger partial charge in [0.05, 0.1) is 6.10 Å². The molecule has 4 nitrogen and oxygen atoms in total. The van der Waals surface area contributed by atoms with Crippen molar-refractivity contribution in [2.24, 2.45) is 22.2 Å². The van der Waals surface area contributed by atoms with Crippen LogP contribution in [0.3, 0.4) is 0 Å². The van der Waals surface area contributed by atoms with Gasteiger partial charge >= 0.3 is 0 Å². The molecule has 3 aliphatic rings. The summed E-state index contributed by atoms with van der Waals surface area (Å²) in [6.45, 7) is 6.58. The smallest absolute Gasteiger partial charge is 0.191 e. The number of ether oxygens (including phenoxy) is 1. The number of guanidine groups is 1. The first-order valence-corrected chi connectivity index (χ1v) is 9.21. The van der Waals surface area contributed by atoms with Gasteiger partial charge in [-0.3, -0.25) is 4.99 Å². The van der Waals surface area contributed by atoms with Crippen LogP contribution in [0.1, 0.15) is 58.8 Å². The van der Waals surface area contributed by atoms with Crippen LogP contribution in [-0.2, 0) is 4.74 Å². The molecule has 134 valence electrons. The molecule has 23 heavy (non-hydrogen) atoms. The molecule has 0 aromatic carbocycles. The van der Waals surface area contributed by atoms with Gasteiger partial charge in [0.1, 0.15) is 0 Å². The topological polar surface area (TPSA) is 45.7 Å². The molecule has 3 rings (SSSR count). The second-order valence-electron chi connectivity index (χ2n) is 7.98. The predicted octanol–water partition coefficient (Wildman–Crippen LogP) is 3.55. The summed E-state index contributed by atoms with van der Waals surface area (Å²) in [7, 11) is 1.88. The highest BCUT2D eigenvalue weighted by Crippen LogP contribution is 2.52. The fourth-order valence-electron chi connectivity index (χ4n) is 4.86. The lowest BCUT2D eigenvalue weighted by atomic mass is 9.57. The molecule has 0 aromatic heterocycles.